The molecule has 0 fully saturated rings. The van der Waals surface area contributed by atoms with E-state index in [2.05, 4.69) is 15.6 Å². The van der Waals surface area contributed by atoms with E-state index in [0.29, 0.717) is 25.3 Å². The van der Waals surface area contributed by atoms with Crippen LogP contribution in [0.5, 0.6) is 0 Å². The molecule has 0 heterocycles. The van der Waals surface area contributed by atoms with Gasteiger partial charge >= 0.3 is 0 Å². The monoisotopic (exact) mass is 434 g/mol. The normalized spacial score (nSPS) is 13.1. The van der Waals surface area contributed by atoms with Crippen molar-refractivity contribution in [2.45, 2.75) is 25.8 Å². The molecular weight excluding hydrogens is 407 g/mol. The first-order chi connectivity index (χ1) is 9.15. The van der Waals surface area contributed by atoms with Crippen LogP contribution in [0.3, 0.4) is 0 Å². The van der Waals surface area contributed by atoms with E-state index in [1.54, 1.807) is 21.1 Å². The van der Waals surface area contributed by atoms with Gasteiger partial charge in [-0.05, 0) is 13.3 Å². The van der Waals surface area contributed by atoms with E-state index in [-0.39, 0.29) is 41.7 Å². The molecule has 126 valence electrons. The molecule has 1 atom stereocenters. The third kappa shape index (κ3) is 12.8. The van der Waals surface area contributed by atoms with Gasteiger partial charge in [-0.3, -0.25) is 9.79 Å². The summed E-state index contributed by atoms with van der Waals surface area (Å²) in [5.74, 6) is 0.743. The summed E-state index contributed by atoms with van der Waals surface area (Å²) in [7, 11) is 2.10. The maximum Gasteiger partial charge on any atom is 0.223 e. The molecule has 0 spiro atoms. The van der Waals surface area contributed by atoms with Crippen molar-refractivity contribution in [2.24, 2.45) is 4.99 Å². The van der Waals surface area contributed by atoms with Crippen molar-refractivity contribution in [1.82, 2.24) is 15.5 Å². The number of hydrogen-bond acceptors (Lipinski definition) is 4. The Hall–Kier alpha value is -0.580. The average molecular weight is 434 g/mol. The van der Waals surface area contributed by atoms with Crippen molar-refractivity contribution in [3.8, 4) is 0 Å². The maximum absolute atomic E-state index is 11.4. The summed E-state index contributed by atoms with van der Waals surface area (Å²) < 4.78 is 22.2. The largest absolute Gasteiger partial charge is 0.356 e. The Kier molecular flexibility index (Phi) is 11.9. The Morgan fingerprint density at radius 1 is 1.33 bits per heavy atom. The zero-order valence-corrected chi connectivity index (χ0v) is 16.5. The topological polar surface area (TPSA) is 90.9 Å². The minimum absolute atomic E-state index is 0. The molecule has 0 aliphatic heterocycles. The quantitative estimate of drug-likeness (QED) is 0.336. The lowest BCUT2D eigenvalue weighted by molar-refractivity contribution is -0.128. The molecule has 0 rings (SSSR count). The van der Waals surface area contributed by atoms with Crippen LogP contribution >= 0.6 is 24.0 Å². The molecule has 0 radical (unpaired) electrons. The molecule has 9 heteroatoms. The van der Waals surface area contributed by atoms with Gasteiger partial charge in [0.1, 0.15) is 9.84 Å². The molecule has 1 unspecified atom stereocenters. The third-order valence-electron chi connectivity index (χ3n) is 2.66. The van der Waals surface area contributed by atoms with Crippen LogP contribution in [0, 0.1) is 0 Å². The Bertz CT molecular complexity index is 438. The third-order valence-corrected chi connectivity index (χ3v) is 3.64. The number of nitrogens with zero attached hydrogens (tertiary/aromatic N) is 2. The molecule has 0 saturated heterocycles. The lowest BCUT2D eigenvalue weighted by Crippen LogP contribution is -2.43. The van der Waals surface area contributed by atoms with Crippen LogP contribution in [0.2, 0.25) is 0 Å². The number of nitrogens with one attached hydrogen (secondary N) is 2. The molecule has 1 amide bonds. The number of aliphatic imine (C=N–C) groups is 1. The van der Waals surface area contributed by atoms with E-state index >= 15 is 0 Å². The highest BCUT2D eigenvalue weighted by Crippen LogP contribution is 1.95. The van der Waals surface area contributed by atoms with Gasteiger partial charge in [0.2, 0.25) is 5.91 Å². The predicted molar refractivity (Wildman–Crippen MR) is 97.0 cm³/mol. The number of hydrogen-bond donors (Lipinski definition) is 2. The van der Waals surface area contributed by atoms with Crippen molar-refractivity contribution >= 4 is 45.7 Å². The van der Waals surface area contributed by atoms with Crippen LogP contribution in [-0.2, 0) is 14.6 Å². The first-order valence-electron chi connectivity index (χ1n) is 6.50. The van der Waals surface area contributed by atoms with Crippen LogP contribution in [0.25, 0.3) is 0 Å². The first kappa shape index (κ1) is 22.7. The van der Waals surface area contributed by atoms with Gasteiger partial charge in [0.05, 0.1) is 5.75 Å². The summed E-state index contributed by atoms with van der Waals surface area (Å²) in [5.41, 5.74) is 0. The fourth-order valence-electron chi connectivity index (χ4n) is 1.40. The molecule has 21 heavy (non-hydrogen) atoms. The van der Waals surface area contributed by atoms with Crippen molar-refractivity contribution in [3.05, 3.63) is 0 Å². The summed E-state index contributed by atoms with van der Waals surface area (Å²) in [6.45, 7) is 2.37. The predicted octanol–water partition coefficient (Wildman–Crippen LogP) is 0.0709. The summed E-state index contributed by atoms with van der Waals surface area (Å²) >= 11 is 0. The van der Waals surface area contributed by atoms with Crippen LogP contribution in [0.4, 0.5) is 0 Å². The Morgan fingerprint density at radius 3 is 2.33 bits per heavy atom. The second kappa shape index (κ2) is 11.0. The lowest BCUT2D eigenvalue weighted by Gasteiger charge is -2.18. The number of rotatable bonds is 7. The second-order valence-electron chi connectivity index (χ2n) is 5.00. The van der Waals surface area contributed by atoms with Gasteiger partial charge in [0, 0.05) is 46.4 Å². The summed E-state index contributed by atoms with van der Waals surface area (Å²) in [4.78, 5) is 17.0. The molecule has 7 nitrogen and oxygen atoms in total. The zero-order chi connectivity index (χ0) is 15.8. The van der Waals surface area contributed by atoms with Gasteiger partial charge < -0.3 is 15.5 Å². The molecule has 0 aliphatic carbocycles. The summed E-state index contributed by atoms with van der Waals surface area (Å²) in [6, 6.07) is -0.0134. The van der Waals surface area contributed by atoms with E-state index in [0.717, 1.165) is 0 Å². The molecule has 2 N–H and O–H groups in total. The van der Waals surface area contributed by atoms with E-state index < -0.39 is 9.84 Å². The second-order valence-corrected chi connectivity index (χ2v) is 7.26. The van der Waals surface area contributed by atoms with Gasteiger partial charge in [0.25, 0.3) is 0 Å². The highest BCUT2D eigenvalue weighted by molar-refractivity contribution is 14.0. The van der Waals surface area contributed by atoms with Gasteiger partial charge in [-0.2, -0.15) is 0 Å². The number of halogens is 1. The van der Waals surface area contributed by atoms with Crippen LogP contribution in [0.1, 0.15) is 19.8 Å². The van der Waals surface area contributed by atoms with E-state index in [4.69, 9.17) is 0 Å². The minimum Gasteiger partial charge on any atom is -0.356 e. The maximum atomic E-state index is 11.4. The van der Waals surface area contributed by atoms with Gasteiger partial charge in [0.15, 0.2) is 5.96 Å². The lowest BCUT2D eigenvalue weighted by atomic mass is 10.3. The molecule has 0 aromatic carbocycles. The average Bonchev–Trinajstić information content (AvgIpc) is 2.33. The highest BCUT2D eigenvalue weighted by atomic mass is 127. The fraction of sp³-hybridized carbons (Fsp3) is 0.833. The standard InChI is InChI=1S/C12H26N4O3S.HI/c1-10(7-9-20(5,18)19)15-12(13-2)14-8-6-11(17)16(3)4;/h10H,6-9H2,1-5H3,(H2,13,14,15);1H. The van der Waals surface area contributed by atoms with E-state index in [9.17, 15) is 13.2 Å². The summed E-state index contributed by atoms with van der Waals surface area (Å²) in [6.07, 6.45) is 2.11. The zero-order valence-electron chi connectivity index (χ0n) is 13.3. The molecule has 0 saturated carbocycles. The van der Waals surface area contributed by atoms with Crippen molar-refractivity contribution in [2.75, 3.05) is 39.7 Å². The Morgan fingerprint density at radius 2 is 1.90 bits per heavy atom. The highest BCUT2D eigenvalue weighted by Gasteiger charge is 2.10. The Balaban J connectivity index is 0. The molecule has 0 aliphatic rings. The van der Waals surface area contributed by atoms with Gasteiger partial charge in [-0.1, -0.05) is 0 Å². The van der Waals surface area contributed by atoms with Crippen LogP contribution < -0.4 is 10.6 Å². The molecule has 0 aromatic heterocycles. The smallest absolute Gasteiger partial charge is 0.223 e. The number of guanidine groups is 1. The van der Waals surface area contributed by atoms with Gasteiger partial charge in [-0.25, -0.2) is 8.42 Å². The fourth-order valence-corrected chi connectivity index (χ4v) is 2.18. The van der Waals surface area contributed by atoms with Gasteiger partial charge in [-0.15, -0.1) is 24.0 Å². The first-order valence-corrected chi connectivity index (χ1v) is 8.57. The number of sulfone groups is 1. The summed E-state index contributed by atoms with van der Waals surface area (Å²) in [5, 5.41) is 6.12. The number of carbonyl (C=O) groups is 1. The van der Waals surface area contributed by atoms with E-state index in [1.165, 1.54) is 11.2 Å². The minimum atomic E-state index is -2.95. The SMILES string of the molecule is CN=C(NCCC(=O)N(C)C)NC(C)CCS(C)(=O)=O.I. The van der Waals surface area contributed by atoms with Crippen molar-refractivity contribution in [3.63, 3.8) is 0 Å². The van der Waals surface area contributed by atoms with Crippen molar-refractivity contribution < 1.29 is 13.2 Å². The number of amides is 1. The van der Waals surface area contributed by atoms with Crippen molar-refractivity contribution in [1.29, 1.82) is 0 Å². The van der Waals surface area contributed by atoms with Crippen LogP contribution in [-0.4, -0.2) is 70.9 Å². The molecule has 0 bridgehead atoms. The molecule has 0 aromatic rings. The Labute approximate surface area is 144 Å². The number of carbonyl (C=O) groups excluding carboxylic acids is 1. The van der Waals surface area contributed by atoms with E-state index in [1.807, 2.05) is 6.92 Å². The van der Waals surface area contributed by atoms with Crippen LogP contribution in [0.15, 0.2) is 4.99 Å². The molecular formula is C12H27IN4O3S.